The van der Waals surface area contributed by atoms with Crippen LogP contribution in [0.25, 0.3) is 0 Å². The fourth-order valence-electron chi connectivity index (χ4n) is 4.24. The molecule has 6 heteroatoms. The Bertz CT molecular complexity index is 695. The molecule has 1 aliphatic carbocycles. The van der Waals surface area contributed by atoms with E-state index in [4.69, 9.17) is 4.74 Å². The molecule has 0 unspecified atom stereocenters. The predicted molar refractivity (Wildman–Crippen MR) is 115 cm³/mol. The van der Waals surface area contributed by atoms with Gasteiger partial charge < -0.3 is 10.1 Å². The summed E-state index contributed by atoms with van der Waals surface area (Å²) in [7, 11) is 0. The van der Waals surface area contributed by atoms with Gasteiger partial charge >= 0.3 is 12.0 Å². The second-order valence-electron chi connectivity index (χ2n) is 8.23. The van der Waals surface area contributed by atoms with Gasteiger partial charge in [-0.1, -0.05) is 37.5 Å². The Morgan fingerprint density at radius 2 is 1.79 bits per heavy atom. The Kier molecular flexibility index (Phi) is 6.91. The minimum atomic E-state index is -0.524. The van der Waals surface area contributed by atoms with Crippen molar-refractivity contribution in [3.63, 3.8) is 0 Å². The zero-order chi connectivity index (χ0) is 20.3. The van der Waals surface area contributed by atoms with E-state index in [0.717, 1.165) is 29.7 Å². The molecule has 0 spiro atoms. The molecular formula is C22H32N2O3S. The van der Waals surface area contributed by atoms with E-state index in [1.165, 1.54) is 19.3 Å². The normalized spacial score (nSPS) is 23.1. The van der Waals surface area contributed by atoms with Crippen molar-refractivity contribution in [1.29, 1.82) is 0 Å². The van der Waals surface area contributed by atoms with E-state index in [2.05, 4.69) is 5.32 Å². The van der Waals surface area contributed by atoms with Crippen LogP contribution in [0.3, 0.4) is 0 Å². The van der Waals surface area contributed by atoms with Gasteiger partial charge in [0.15, 0.2) is 0 Å². The molecule has 1 aromatic rings. The number of aryl methyl sites for hydroxylation is 2. The highest BCUT2D eigenvalue weighted by Gasteiger charge is 2.46. The summed E-state index contributed by atoms with van der Waals surface area (Å²) in [5, 5.41) is 3.13. The second-order valence-corrected chi connectivity index (χ2v) is 9.38. The maximum atomic E-state index is 13.4. The zero-order valence-electron chi connectivity index (χ0n) is 17.4. The summed E-state index contributed by atoms with van der Waals surface area (Å²) in [4.78, 5) is 27.9. The van der Waals surface area contributed by atoms with Crippen LogP contribution in [0.2, 0.25) is 0 Å². The number of carbonyl (C=O) groups is 2. The van der Waals surface area contributed by atoms with Crippen LogP contribution >= 0.6 is 11.8 Å². The van der Waals surface area contributed by atoms with Crippen molar-refractivity contribution in [2.24, 2.45) is 5.92 Å². The maximum absolute atomic E-state index is 13.4. The first-order valence-electron chi connectivity index (χ1n) is 10.4. The van der Waals surface area contributed by atoms with Crippen LogP contribution in [-0.2, 0) is 9.53 Å². The van der Waals surface area contributed by atoms with Gasteiger partial charge in [0.1, 0.15) is 6.04 Å². The Morgan fingerprint density at radius 3 is 2.39 bits per heavy atom. The minimum Gasteiger partial charge on any atom is -0.461 e. The molecule has 2 aliphatic rings. The fourth-order valence-corrected chi connectivity index (χ4v) is 5.87. The van der Waals surface area contributed by atoms with Crippen LogP contribution in [0, 0.1) is 19.8 Å². The second kappa shape index (κ2) is 9.21. The van der Waals surface area contributed by atoms with Gasteiger partial charge in [-0.3, -0.25) is 4.90 Å². The van der Waals surface area contributed by atoms with Crippen molar-refractivity contribution in [2.75, 3.05) is 11.1 Å². The van der Waals surface area contributed by atoms with E-state index < -0.39 is 6.04 Å². The molecule has 5 nitrogen and oxygen atoms in total. The number of thioether (sulfide) groups is 1. The third-order valence-electron chi connectivity index (χ3n) is 5.66. The lowest BCUT2D eigenvalue weighted by molar-refractivity contribution is -0.151. The highest BCUT2D eigenvalue weighted by molar-refractivity contribution is 8.00. The van der Waals surface area contributed by atoms with Crippen molar-refractivity contribution in [1.82, 2.24) is 4.90 Å². The number of nitrogens with one attached hydrogen (secondary N) is 1. The van der Waals surface area contributed by atoms with E-state index >= 15 is 0 Å². The molecule has 28 heavy (non-hydrogen) atoms. The molecule has 1 saturated carbocycles. The van der Waals surface area contributed by atoms with Gasteiger partial charge in [-0.2, -0.15) is 0 Å². The standard InChI is InChI=1S/C22H32N2O3S/c1-14(2)27-21(25)18-13-28-20(17-11-6-5-7-12-17)24(18)22(26)23-19-15(3)9-8-10-16(19)4/h8-10,14,17-18,20H,5-7,11-13H2,1-4H3,(H,23,26)/t18-,20+/m0/s1. The van der Waals surface area contributed by atoms with Gasteiger partial charge in [0, 0.05) is 11.4 Å². The number of rotatable bonds is 4. The number of anilines is 1. The molecule has 1 heterocycles. The third-order valence-corrected chi connectivity index (χ3v) is 7.12. The van der Waals surface area contributed by atoms with Crippen molar-refractivity contribution < 1.29 is 14.3 Å². The number of ether oxygens (including phenoxy) is 1. The molecule has 1 aromatic carbocycles. The predicted octanol–water partition coefficient (Wildman–Crippen LogP) is 5.11. The van der Waals surface area contributed by atoms with Gasteiger partial charge in [0.25, 0.3) is 0 Å². The van der Waals surface area contributed by atoms with E-state index in [0.29, 0.717) is 11.7 Å². The number of hydrogen-bond donors (Lipinski definition) is 1. The average Bonchev–Trinajstić information content (AvgIpc) is 3.10. The first-order chi connectivity index (χ1) is 13.4. The maximum Gasteiger partial charge on any atom is 0.330 e. The fraction of sp³-hybridized carbons (Fsp3) is 0.636. The number of esters is 1. The Balaban J connectivity index is 1.84. The van der Waals surface area contributed by atoms with Crippen molar-refractivity contribution in [3.8, 4) is 0 Å². The van der Waals surface area contributed by atoms with Gasteiger partial charge in [-0.25, -0.2) is 9.59 Å². The summed E-state index contributed by atoms with van der Waals surface area (Å²) in [6.45, 7) is 7.67. The van der Waals surface area contributed by atoms with E-state index in [-0.39, 0.29) is 23.5 Å². The Morgan fingerprint density at radius 1 is 1.14 bits per heavy atom. The summed E-state index contributed by atoms with van der Waals surface area (Å²) >= 11 is 1.73. The molecule has 2 amide bonds. The van der Waals surface area contributed by atoms with Gasteiger partial charge in [-0.15, -0.1) is 11.8 Å². The molecule has 1 N–H and O–H groups in total. The quantitative estimate of drug-likeness (QED) is 0.709. The monoisotopic (exact) mass is 404 g/mol. The molecule has 0 aromatic heterocycles. The molecule has 0 radical (unpaired) electrons. The number of para-hydroxylation sites is 1. The third kappa shape index (κ3) is 4.65. The number of carbonyl (C=O) groups excluding carboxylic acids is 2. The lowest BCUT2D eigenvalue weighted by Gasteiger charge is -2.35. The smallest absolute Gasteiger partial charge is 0.330 e. The molecule has 2 fully saturated rings. The van der Waals surface area contributed by atoms with Crippen molar-refractivity contribution in [2.45, 2.75) is 77.3 Å². The van der Waals surface area contributed by atoms with Crippen LogP contribution in [-0.4, -0.2) is 40.2 Å². The Hall–Kier alpha value is -1.69. The molecule has 2 atom stereocenters. The highest BCUT2D eigenvalue weighted by Crippen LogP contribution is 2.41. The first kappa shape index (κ1) is 21.0. The lowest BCUT2D eigenvalue weighted by Crippen LogP contribution is -2.50. The Labute approximate surface area is 172 Å². The highest BCUT2D eigenvalue weighted by atomic mass is 32.2. The molecule has 1 saturated heterocycles. The number of nitrogens with zero attached hydrogens (tertiary/aromatic N) is 1. The molecule has 154 valence electrons. The molecule has 1 aliphatic heterocycles. The van der Waals surface area contributed by atoms with E-state index in [1.54, 1.807) is 16.7 Å². The molecule has 3 rings (SSSR count). The average molecular weight is 405 g/mol. The number of amides is 2. The summed E-state index contributed by atoms with van der Waals surface area (Å²) in [5.41, 5.74) is 2.88. The summed E-state index contributed by atoms with van der Waals surface area (Å²) in [6, 6.07) is 5.25. The minimum absolute atomic E-state index is 0.0364. The van der Waals surface area contributed by atoms with Crippen LogP contribution < -0.4 is 5.32 Å². The molecular weight excluding hydrogens is 372 g/mol. The van der Waals surface area contributed by atoms with Crippen LogP contribution in [0.5, 0.6) is 0 Å². The lowest BCUT2D eigenvalue weighted by atomic mass is 9.88. The summed E-state index contributed by atoms with van der Waals surface area (Å²) in [5.74, 6) is 0.754. The van der Waals surface area contributed by atoms with Crippen LogP contribution in [0.1, 0.15) is 57.1 Å². The van der Waals surface area contributed by atoms with Gasteiger partial charge in [0.05, 0.1) is 11.5 Å². The van der Waals surface area contributed by atoms with Gasteiger partial charge in [0.2, 0.25) is 0 Å². The summed E-state index contributed by atoms with van der Waals surface area (Å²) < 4.78 is 5.47. The van der Waals surface area contributed by atoms with Crippen molar-refractivity contribution in [3.05, 3.63) is 29.3 Å². The zero-order valence-corrected chi connectivity index (χ0v) is 18.2. The largest absolute Gasteiger partial charge is 0.461 e. The SMILES string of the molecule is Cc1cccc(C)c1NC(=O)N1[C@@H](C2CCCCC2)SC[C@H]1C(=O)OC(C)C. The van der Waals surface area contributed by atoms with Gasteiger partial charge in [-0.05, 0) is 57.6 Å². The van der Waals surface area contributed by atoms with Crippen LogP contribution in [0.15, 0.2) is 18.2 Å². The number of urea groups is 1. The molecule has 0 bridgehead atoms. The number of benzene rings is 1. The first-order valence-corrected chi connectivity index (χ1v) is 11.4. The summed E-state index contributed by atoms with van der Waals surface area (Å²) in [6.07, 6.45) is 5.73. The topological polar surface area (TPSA) is 58.6 Å². The van der Waals surface area contributed by atoms with Crippen LogP contribution in [0.4, 0.5) is 10.5 Å². The van der Waals surface area contributed by atoms with E-state index in [9.17, 15) is 9.59 Å². The van der Waals surface area contributed by atoms with Crippen molar-refractivity contribution >= 4 is 29.4 Å². The van der Waals surface area contributed by atoms with E-state index in [1.807, 2.05) is 45.9 Å². The number of hydrogen-bond acceptors (Lipinski definition) is 4.